The van der Waals surface area contributed by atoms with Crippen molar-refractivity contribution >= 4 is 29.4 Å². The molecular formula is C24H31B3FN5O. The van der Waals surface area contributed by atoms with Crippen LogP contribution in [0.4, 0.5) is 10.2 Å². The summed E-state index contributed by atoms with van der Waals surface area (Å²) in [7, 11) is 6.67. The Labute approximate surface area is 203 Å². The van der Waals surface area contributed by atoms with Gasteiger partial charge in [0.15, 0.2) is 0 Å². The molecule has 0 spiro atoms. The number of H-pyrrole nitrogens is 1. The third-order valence-corrected chi connectivity index (χ3v) is 7.80. The summed E-state index contributed by atoms with van der Waals surface area (Å²) in [6, 6.07) is 6.89. The molecule has 0 unspecified atom stereocenters. The number of nitrogens with zero attached hydrogens (tertiary/aromatic N) is 4. The number of anilines is 1. The summed E-state index contributed by atoms with van der Waals surface area (Å²) in [5.74, 6) is 0.331. The molecule has 2 heterocycles. The number of aromatic amines is 1. The molecule has 2 bridgehead atoms. The van der Waals surface area contributed by atoms with Gasteiger partial charge in [-0.2, -0.15) is 5.10 Å². The lowest BCUT2D eigenvalue weighted by atomic mass is 9.47. The van der Waals surface area contributed by atoms with Gasteiger partial charge in [-0.1, -0.05) is 13.8 Å². The average Bonchev–Trinajstić information content (AvgIpc) is 3.35. The fraction of sp³-hybridized carbons (Fsp3) is 0.458. The van der Waals surface area contributed by atoms with Crippen LogP contribution in [0.25, 0.3) is 22.4 Å². The third kappa shape index (κ3) is 4.12. The van der Waals surface area contributed by atoms with Gasteiger partial charge in [0.25, 0.3) is 0 Å². The van der Waals surface area contributed by atoms with Crippen LogP contribution >= 0.6 is 0 Å². The maximum absolute atomic E-state index is 14.8. The molecule has 10 heteroatoms. The third-order valence-electron chi connectivity index (χ3n) is 7.80. The topological polar surface area (TPSA) is 77.9 Å². The molecule has 3 aromatic rings. The molecular weight excluding hydrogens is 426 g/mol. The van der Waals surface area contributed by atoms with E-state index in [0.29, 0.717) is 33.7 Å². The van der Waals surface area contributed by atoms with Gasteiger partial charge in [-0.25, -0.2) is 4.39 Å². The first-order valence-electron chi connectivity index (χ1n) is 12.1. The number of nitrogens with one attached hydrogen (secondary N) is 1. The molecule has 2 aromatic heterocycles. The van der Waals surface area contributed by atoms with Crippen molar-refractivity contribution < 1.29 is 9.50 Å². The number of aromatic nitrogens is 4. The summed E-state index contributed by atoms with van der Waals surface area (Å²) in [6.45, 7) is 4.87. The second-order valence-electron chi connectivity index (χ2n) is 12.0. The lowest BCUT2D eigenvalue weighted by Crippen LogP contribution is -2.58. The van der Waals surface area contributed by atoms with Crippen LogP contribution in [0, 0.1) is 16.6 Å². The number of aromatic hydroxyl groups is 1. The molecule has 0 aliphatic heterocycles. The van der Waals surface area contributed by atoms with E-state index >= 15 is 0 Å². The molecule has 5 rings (SSSR count). The SMILES string of the molecule is BC(B)(B)N(c1ccc(-c2cc(F)c(-c3cn[nH]c3)cc2O)nn1)[C@H]1C[C@]2(C)CC[C@](C)(C1)C2. The summed E-state index contributed by atoms with van der Waals surface area (Å²) in [5.41, 5.74) is 2.39. The molecule has 2 fully saturated rings. The van der Waals surface area contributed by atoms with Crippen molar-refractivity contribution in [3.63, 3.8) is 0 Å². The molecule has 34 heavy (non-hydrogen) atoms. The Bertz CT molecular complexity index is 1180. The van der Waals surface area contributed by atoms with Gasteiger partial charge < -0.3 is 10.0 Å². The van der Waals surface area contributed by atoms with E-state index in [1.54, 1.807) is 6.20 Å². The van der Waals surface area contributed by atoms with Gasteiger partial charge in [0.1, 0.15) is 40.9 Å². The van der Waals surface area contributed by atoms with Gasteiger partial charge >= 0.3 is 0 Å². The number of phenolic OH excluding ortho intramolecular Hbond substituents is 1. The predicted octanol–water partition coefficient (Wildman–Crippen LogP) is 2.05. The van der Waals surface area contributed by atoms with Gasteiger partial charge in [-0.15, -0.1) is 10.2 Å². The van der Waals surface area contributed by atoms with Crippen LogP contribution in [0.1, 0.15) is 46.0 Å². The fourth-order valence-electron chi connectivity index (χ4n) is 6.61. The van der Waals surface area contributed by atoms with Crippen molar-refractivity contribution in [2.45, 2.75) is 57.2 Å². The highest BCUT2D eigenvalue weighted by Crippen LogP contribution is 2.59. The van der Waals surface area contributed by atoms with Crippen LogP contribution in [-0.4, -0.2) is 60.3 Å². The number of rotatable bonds is 5. The first-order chi connectivity index (χ1) is 16.0. The van der Waals surface area contributed by atoms with E-state index in [4.69, 9.17) is 0 Å². The van der Waals surface area contributed by atoms with Crippen LogP contribution in [0.15, 0.2) is 36.7 Å². The molecule has 1 aromatic carbocycles. The molecule has 0 saturated heterocycles. The molecule has 3 atom stereocenters. The highest BCUT2D eigenvalue weighted by atomic mass is 19.1. The molecule has 2 aliphatic rings. The van der Waals surface area contributed by atoms with Gasteiger partial charge in [0, 0.05) is 28.9 Å². The second kappa shape index (κ2) is 7.89. The monoisotopic (exact) mass is 457 g/mol. The molecule has 0 amide bonds. The molecule has 2 saturated carbocycles. The first kappa shape index (κ1) is 23.0. The van der Waals surface area contributed by atoms with Crippen molar-refractivity contribution in [2.75, 3.05) is 4.90 Å². The zero-order valence-corrected chi connectivity index (χ0v) is 20.7. The lowest BCUT2D eigenvalue weighted by molar-refractivity contribution is 0.145. The maximum atomic E-state index is 14.8. The van der Waals surface area contributed by atoms with E-state index in [2.05, 4.69) is 62.7 Å². The normalized spacial score (nSPS) is 26.5. The first-order valence-corrected chi connectivity index (χ1v) is 12.1. The van der Waals surface area contributed by atoms with E-state index in [-0.39, 0.29) is 16.5 Å². The minimum atomic E-state index is -0.449. The standard InChI is InChI=1S/C24H31B3FN5O/c1-22-5-6-23(2,13-22)10-15(9-22)33(24(25,26)27)21-4-3-19(31-32-21)17-7-18(28)16(8-20(17)34)14-11-29-30-12-14/h3-4,7-8,11-12,15,34H,5-6,9-10,13,25-27H2,1-2H3,(H,29,30)/t15-,22-,23+. The van der Waals surface area contributed by atoms with Crippen molar-refractivity contribution in [1.29, 1.82) is 0 Å². The zero-order chi connectivity index (χ0) is 24.3. The summed E-state index contributed by atoms with van der Waals surface area (Å²) < 4.78 is 14.8. The van der Waals surface area contributed by atoms with Gasteiger partial charge in [-0.05, 0) is 72.4 Å². The Hall–Kier alpha value is -2.77. The molecule has 6 nitrogen and oxygen atoms in total. The van der Waals surface area contributed by atoms with E-state index in [0.717, 1.165) is 18.7 Å². The molecule has 0 radical (unpaired) electrons. The Balaban J connectivity index is 1.46. The average molecular weight is 457 g/mol. The van der Waals surface area contributed by atoms with Crippen LogP contribution in [-0.2, 0) is 0 Å². The quantitative estimate of drug-likeness (QED) is 0.574. The predicted molar refractivity (Wildman–Crippen MR) is 141 cm³/mol. The van der Waals surface area contributed by atoms with E-state index in [1.807, 2.05) is 12.1 Å². The molecule has 2 N–H and O–H groups in total. The van der Waals surface area contributed by atoms with Gasteiger partial charge in [0.05, 0.1) is 11.9 Å². The van der Waals surface area contributed by atoms with Crippen molar-refractivity contribution in [2.24, 2.45) is 10.8 Å². The van der Waals surface area contributed by atoms with Crippen LogP contribution < -0.4 is 4.90 Å². The van der Waals surface area contributed by atoms with Crippen LogP contribution in [0.2, 0.25) is 0 Å². The Morgan fingerprint density at radius 3 is 2.35 bits per heavy atom. The number of hydrogen-bond acceptors (Lipinski definition) is 5. The Morgan fingerprint density at radius 2 is 1.79 bits per heavy atom. The highest BCUT2D eigenvalue weighted by Gasteiger charge is 2.51. The van der Waals surface area contributed by atoms with Gasteiger partial charge in [0.2, 0.25) is 0 Å². The lowest BCUT2D eigenvalue weighted by Gasteiger charge is -2.50. The summed E-state index contributed by atoms with van der Waals surface area (Å²) in [6.07, 6.45) is 9.32. The second-order valence-corrected chi connectivity index (χ2v) is 12.0. The molecule has 2 aliphatic carbocycles. The smallest absolute Gasteiger partial charge is 0.150 e. The van der Waals surface area contributed by atoms with Crippen molar-refractivity contribution in [3.05, 3.63) is 42.5 Å². The summed E-state index contributed by atoms with van der Waals surface area (Å²) in [4.78, 5) is 2.42. The number of benzene rings is 1. The Morgan fingerprint density at radius 1 is 1.09 bits per heavy atom. The fourth-order valence-corrected chi connectivity index (χ4v) is 6.61. The summed E-state index contributed by atoms with van der Waals surface area (Å²) in [5, 5.41) is 26.0. The van der Waals surface area contributed by atoms with Crippen molar-refractivity contribution in [1.82, 2.24) is 20.4 Å². The van der Waals surface area contributed by atoms with Crippen LogP contribution in [0.5, 0.6) is 5.75 Å². The molecule has 174 valence electrons. The van der Waals surface area contributed by atoms with Crippen LogP contribution in [0.3, 0.4) is 0 Å². The largest absolute Gasteiger partial charge is 0.507 e. The van der Waals surface area contributed by atoms with Gasteiger partial charge in [-0.3, -0.25) is 5.10 Å². The van der Waals surface area contributed by atoms with Crippen molar-refractivity contribution in [3.8, 4) is 28.1 Å². The number of halogens is 1. The number of phenols is 1. The number of fused-ring (bicyclic) bond motifs is 2. The minimum Gasteiger partial charge on any atom is -0.507 e. The summed E-state index contributed by atoms with van der Waals surface area (Å²) >= 11 is 0. The van der Waals surface area contributed by atoms with E-state index < -0.39 is 5.82 Å². The minimum absolute atomic E-state index is 0.0444. The zero-order valence-electron chi connectivity index (χ0n) is 20.7. The Kier molecular flexibility index (Phi) is 5.34. The van der Waals surface area contributed by atoms with E-state index in [1.165, 1.54) is 37.6 Å². The maximum Gasteiger partial charge on any atom is 0.150 e. The highest BCUT2D eigenvalue weighted by molar-refractivity contribution is 6.60. The van der Waals surface area contributed by atoms with E-state index in [9.17, 15) is 9.50 Å². The number of hydrogen-bond donors (Lipinski definition) is 2.